The van der Waals surface area contributed by atoms with E-state index in [9.17, 15) is 5.11 Å². The maximum atomic E-state index is 9.99. The fraction of sp³-hybridized carbons (Fsp3) is 0.471. The third-order valence-corrected chi connectivity index (χ3v) is 3.58. The largest absolute Gasteiger partial charge is 0.393 e. The normalized spacial score (nSPS) is 15.6. The Balaban J connectivity index is 1.55. The lowest BCUT2D eigenvalue weighted by molar-refractivity contribution is 0.149. The van der Waals surface area contributed by atoms with Crippen LogP contribution in [0.4, 0.5) is 0 Å². The molecule has 1 unspecified atom stereocenters. The summed E-state index contributed by atoms with van der Waals surface area (Å²) in [5.41, 5.74) is 2.59. The molecule has 20 heavy (non-hydrogen) atoms. The molecule has 2 N–H and O–H groups in total. The number of hydrogen-bond acceptors (Lipinski definition) is 3. The molecule has 1 aromatic rings. The van der Waals surface area contributed by atoms with Gasteiger partial charge in [-0.2, -0.15) is 0 Å². The van der Waals surface area contributed by atoms with Gasteiger partial charge in [0.15, 0.2) is 0 Å². The Bertz CT molecular complexity index is 440. The average molecular weight is 272 g/mol. The topological polar surface area (TPSA) is 45.1 Å². The van der Waals surface area contributed by atoms with E-state index in [0.29, 0.717) is 0 Å². The Kier molecular flexibility index (Phi) is 6.32. The SMILES string of the molecule is OC(CCCC1=CNCC=C1)CCCc1cccnc1. The lowest BCUT2D eigenvalue weighted by Crippen LogP contribution is -2.10. The highest BCUT2D eigenvalue weighted by molar-refractivity contribution is 5.21. The molecular weight excluding hydrogens is 248 g/mol. The molecule has 1 aliphatic rings. The molecule has 1 aromatic heterocycles. The van der Waals surface area contributed by atoms with Crippen molar-refractivity contribution in [2.24, 2.45) is 0 Å². The maximum absolute atomic E-state index is 9.99. The zero-order chi connectivity index (χ0) is 14.0. The zero-order valence-electron chi connectivity index (χ0n) is 12.0. The van der Waals surface area contributed by atoms with Crippen LogP contribution < -0.4 is 5.32 Å². The number of aromatic nitrogens is 1. The van der Waals surface area contributed by atoms with Crippen LogP contribution in [0.3, 0.4) is 0 Å². The highest BCUT2D eigenvalue weighted by Crippen LogP contribution is 2.14. The number of aliphatic hydroxyl groups excluding tert-OH is 1. The quantitative estimate of drug-likeness (QED) is 0.764. The molecule has 2 heterocycles. The van der Waals surface area contributed by atoms with Gasteiger partial charge < -0.3 is 10.4 Å². The first kappa shape index (κ1) is 14.8. The van der Waals surface area contributed by atoms with Gasteiger partial charge in [-0.25, -0.2) is 0 Å². The molecule has 0 radical (unpaired) electrons. The molecule has 0 bridgehead atoms. The van der Waals surface area contributed by atoms with Crippen LogP contribution in [0.5, 0.6) is 0 Å². The van der Waals surface area contributed by atoms with Crippen LogP contribution in [0.25, 0.3) is 0 Å². The van der Waals surface area contributed by atoms with Crippen LogP contribution in [-0.2, 0) is 6.42 Å². The van der Waals surface area contributed by atoms with Crippen molar-refractivity contribution in [2.45, 2.75) is 44.6 Å². The van der Waals surface area contributed by atoms with Gasteiger partial charge in [-0.05, 0) is 61.9 Å². The molecule has 0 saturated heterocycles. The lowest BCUT2D eigenvalue weighted by Gasteiger charge is -2.12. The third kappa shape index (κ3) is 5.57. The van der Waals surface area contributed by atoms with E-state index in [4.69, 9.17) is 0 Å². The van der Waals surface area contributed by atoms with E-state index in [0.717, 1.165) is 45.1 Å². The maximum Gasteiger partial charge on any atom is 0.0540 e. The van der Waals surface area contributed by atoms with Gasteiger partial charge in [-0.3, -0.25) is 4.98 Å². The van der Waals surface area contributed by atoms with Gasteiger partial charge in [-0.1, -0.05) is 18.2 Å². The fourth-order valence-corrected chi connectivity index (χ4v) is 2.45. The Morgan fingerprint density at radius 3 is 2.80 bits per heavy atom. The second-order valence-electron chi connectivity index (χ2n) is 5.33. The molecule has 108 valence electrons. The number of nitrogens with zero attached hydrogens (tertiary/aromatic N) is 1. The zero-order valence-corrected chi connectivity index (χ0v) is 12.0. The molecule has 1 aliphatic heterocycles. The van der Waals surface area contributed by atoms with Gasteiger partial charge in [0, 0.05) is 18.9 Å². The van der Waals surface area contributed by atoms with E-state index in [1.54, 1.807) is 6.20 Å². The molecule has 0 aromatic carbocycles. The van der Waals surface area contributed by atoms with Crippen molar-refractivity contribution in [2.75, 3.05) is 6.54 Å². The Morgan fingerprint density at radius 1 is 1.25 bits per heavy atom. The molecular formula is C17H24N2O. The van der Waals surface area contributed by atoms with E-state index in [2.05, 4.69) is 34.7 Å². The number of pyridine rings is 1. The number of aliphatic hydroxyl groups is 1. The Morgan fingerprint density at radius 2 is 2.10 bits per heavy atom. The smallest absolute Gasteiger partial charge is 0.0540 e. The molecule has 2 rings (SSSR count). The van der Waals surface area contributed by atoms with Crippen molar-refractivity contribution in [1.82, 2.24) is 10.3 Å². The van der Waals surface area contributed by atoms with Gasteiger partial charge in [0.05, 0.1) is 6.10 Å². The van der Waals surface area contributed by atoms with E-state index in [-0.39, 0.29) is 6.10 Å². The van der Waals surface area contributed by atoms with Gasteiger partial charge in [0.1, 0.15) is 0 Å². The summed E-state index contributed by atoms with van der Waals surface area (Å²) < 4.78 is 0. The summed E-state index contributed by atoms with van der Waals surface area (Å²) >= 11 is 0. The predicted molar refractivity (Wildman–Crippen MR) is 82.3 cm³/mol. The second-order valence-corrected chi connectivity index (χ2v) is 5.33. The Labute approximate surface area is 121 Å². The van der Waals surface area contributed by atoms with Crippen LogP contribution in [-0.4, -0.2) is 22.7 Å². The van der Waals surface area contributed by atoms with Gasteiger partial charge >= 0.3 is 0 Å². The highest BCUT2D eigenvalue weighted by Gasteiger charge is 2.05. The number of aryl methyl sites for hydroxylation is 1. The van der Waals surface area contributed by atoms with Crippen LogP contribution in [0.15, 0.2) is 48.5 Å². The van der Waals surface area contributed by atoms with Crippen molar-refractivity contribution in [1.29, 1.82) is 0 Å². The van der Waals surface area contributed by atoms with Crippen molar-refractivity contribution in [3.63, 3.8) is 0 Å². The van der Waals surface area contributed by atoms with Gasteiger partial charge in [0.2, 0.25) is 0 Å². The van der Waals surface area contributed by atoms with Crippen LogP contribution in [0.2, 0.25) is 0 Å². The first-order valence-electron chi connectivity index (χ1n) is 7.50. The molecule has 0 spiro atoms. The fourth-order valence-electron chi connectivity index (χ4n) is 2.45. The second kappa shape index (κ2) is 8.54. The number of nitrogens with one attached hydrogen (secondary N) is 1. The summed E-state index contributed by atoms with van der Waals surface area (Å²) in [7, 11) is 0. The minimum absolute atomic E-state index is 0.173. The highest BCUT2D eigenvalue weighted by atomic mass is 16.3. The van der Waals surface area contributed by atoms with E-state index in [1.165, 1.54) is 11.1 Å². The van der Waals surface area contributed by atoms with Crippen LogP contribution in [0, 0.1) is 0 Å². The molecule has 3 heteroatoms. The summed E-state index contributed by atoms with van der Waals surface area (Å²) in [6.45, 7) is 0.931. The van der Waals surface area contributed by atoms with E-state index >= 15 is 0 Å². The van der Waals surface area contributed by atoms with Gasteiger partial charge in [0.25, 0.3) is 0 Å². The first-order chi connectivity index (χ1) is 9.84. The molecule has 0 aliphatic carbocycles. The lowest BCUT2D eigenvalue weighted by atomic mass is 10.0. The van der Waals surface area contributed by atoms with Gasteiger partial charge in [-0.15, -0.1) is 0 Å². The summed E-state index contributed by atoms with van der Waals surface area (Å²) in [6, 6.07) is 4.06. The predicted octanol–water partition coefficient (Wildman–Crippen LogP) is 2.98. The molecule has 0 saturated carbocycles. The monoisotopic (exact) mass is 272 g/mol. The average Bonchev–Trinajstić information content (AvgIpc) is 2.49. The van der Waals surface area contributed by atoms with E-state index < -0.39 is 0 Å². The van der Waals surface area contributed by atoms with E-state index in [1.807, 2.05) is 12.3 Å². The number of rotatable bonds is 8. The van der Waals surface area contributed by atoms with Crippen LogP contribution >= 0.6 is 0 Å². The summed E-state index contributed by atoms with van der Waals surface area (Å²) in [6.07, 6.45) is 15.8. The number of hydrogen-bond donors (Lipinski definition) is 2. The number of dihydropyridines is 1. The summed E-state index contributed by atoms with van der Waals surface area (Å²) in [5, 5.41) is 13.2. The Hall–Kier alpha value is -1.61. The first-order valence-corrected chi connectivity index (χ1v) is 7.50. The summed E-state index contributed by atoms with van der Waals surface area (Å²) in [5.74, 6) is 0. The molecule has 3 nitrogen and oxygen atoms in total. The molecule has 1 atom stereocenters. The molecule has 0 amide bonds. The van der Waals surface area contributed by atoms with Crippen LogP contribution in [0.1, 0.15) is 37.7 Å². The standard InChI is InChI=1S/C17H24N2O/c20-17(9-1-5-15-7-3-11-18-13-15)10-2-6-16-8-4-12-19-14-16/h3-4,7-8,11,13-14,17,19-20H,1-2,5-6,9-10,12H2. The van der Waals surface area contributed by atoms with Crippen molar-refractivity contribution < 1.29 is 5.11 Å². The third-order valence-electron chi connectivity index (χ3n) is 3.58. The summed E-state index contributed by atoms with van der Waals surface area (Å²) in [4.78, 5) is 4.10. The van der Waals surface area contributed by atoms with Crippen molar-refractivity contribution in [3.8, 4) is 0 Å². The minimum atomic E-state index is -0.173. The minimum Gasteiger partial charge on any atom is -0.393 e. The van der Waals surface area contributed by atoms with Crippen molar-refractivity contribution in [3.05, 3.63) is 54.0 Å². The number of allylic oxidation sites excluding steroid dienone is 2. The molecule has 0 fully saturated rings. The van der Waals surface area contributed by atoms with Crippen molar-refractivity contribution >= 4 is 0 Å².